The molecule has 0 unspecified atom stereocenters. The summed E-state index contributed by atoms with van der Waals surface area (Å²) >= 11 is 7.03. The van der Waals surface area contributed by atoms with E-state index in [1.165, 1.54) is 0 Å². The number of amidine groups is 1. The molecular weight excluding hydrogens is 308 g/mol. The normalized spacial score (nSPS) is 16.4. The number of anilines is 1. The van der Waals surface area contributed by atoms with Gasteiger partial charge in [0, 0.05) is 21.9 Å². The first-order valence-electron chi connectivity index (χ1n) is 4.49. The summed E-state index contributed by atoms with van der Waals surface area (Å²) in [6.07, 6.45) is 1.96. The molecule has 1 N–H and O–H groups in total. The summed E-state index contributed by atoms with van der Waals surface area (Å²) in [7, 11) is 0. The highest BCUT2D eigenvalue weighted by atomic mass is 79.9. The van der Waals surface area contributed by atoms with Crippen LogP contribution in [0.15, 0.2) is 27.1 Å². The molecule has 2 nitrogen and oxygen atoms in total. The van der Waals surface area contributed by atoms with E-state index in [1.807, 2.05) is 23.1 Å². The van der Waals surface area contributed by atoms with Crippen LogP contribution in [0.25, 0.3) is 0 Å². The zero-order valence-electron chi connectivity index (χ0n) is 7.56. The molecule has 0 bridgehead atoms. The van der Waals surface area contributed by atoms with Crippen molar-refractivity contribution in [3.05, 3.63) is 27.1 Å². The van der Waals surface area contributed by atoms with Gasteiger partial charge in [0.2, 0.25) is 0 Å². The molecule has 1 aromatic carbocycles. The molecule has 0 atom stereocenters. The van der Waals surface area contributed by atoms with Crippen molar-refractivity contribution in [2.24, 2.45) is 0 Å². The highest BCUT2D eigenvalue weighted by Gasteiger charge is 2.22. The maximum Gasteiger partial charge on any atom is 0.100 e. The summed E-state index contributed by atoms with van der Waals surface area (Å²) in [5, 5.41) is 7.82. The molecule has 1 saturated heterocycles. The molecule has 1 aliphatic heterocycles. The minimum atomic E-state index is 0.706. The summed E-state index contributed by atoms with van der Waals surface area (Å²) in [4.78, 5) is 2.05. The zero-order chi connectivity index (χ0) is 10.1. The molecule has 0 radical (unpaired) electrons. The van der Waals surface area contributed by atoms with Crippen molar-refractivity contribution in [2.75, 3.05) is 11.4 Å². The maximum atomic E-state index is 7.82. The smallest absolute Gasteiger partial charge is 0.100 e. The van der Waals surface area contributed by atoms with Crippen LogP contribution in [0.4, 0.5) is 5.69 Å². The molecule has 0 aliphatic carbocycles. The van der Waals surface area contributed by atoms with Gasteiger partial charge in [0.15, 0.2) is 0 Å². The van der Waals surface area contributed by atoms with Crippen molar-refractivity contribution in [1.82, 2.24) is 0 Å². The second-order valence-electron chi connectivity index (χ2n) is 3.27. The van der Waals surface area contributed by atoms with E-state index in [9.17, 15) is 0 Å². The third kappa shape index (κ3) is 1.73. The van der Waals surface area contributed by atoms with E-state index in [0.717, 1.165) is 34.0 Å². The first-order chi connectivity index (χ1) is 6.70. The lowest BCUT2D eigenvalue weighted by atomic mass is 10.3. The minimum Gasteiger partial charge on any atom is -0.328 e. The van der Waals surface area contributed by atoms with Crippen LogP contribution in [0.3, 0.4) is 0 Å². The van der Waals surface area contributed by atoms with Gasteiger partial charge in [0.1, 0.15) is 5.84 Å². The van der Waals surface area contributed by atoms with E-state index < -0.39 is 0 Å². The average molecular weight is 318 g/mol. The molecule has 0 amide bonds. The van der Waals surface area contributed by atoms with Gasteiger partial charge in [0.25, 0.3) is 0 Å². The van der Waals surface area contributed by atoms with Crippen molar-refractivity contribution in [3.63, 3.8) is 0 Å². The first-order valence-corrected chi connectivity index (χ1v) is 6.07. The predicted octanol–water partition coefficient (Wildman–Crippen LogP) is 3.79. The van der Waals surface area contributed by atoms with E-state index in [1.54, 1.807) is 0 Å². The fourth-order valence-corrected chi connectivity index (χ4v) is 3.09. The van der Waals surface area contributed by atoms with E-state index in [-0.39, 0.29) is 0 Å². The lowest BCUT2D eigenvalue weighted by molar-refractivity contribution is 0.954. The topological polar surface area (TPSA) is 27.1 Å². The third-order valence-corrected chi connectivity index (χ3v) is 3.61. The van der Waals surface area contributed by atoms with Gasteiger partial charge >= 0.3 is 0 Å². The Morgan fingerprint density at radius 2 is 1.86 bits per heavy atom. The van der Waals surface area contributed by atoms with Crippen LogP contribution in [0.2, 0.25) is 0 Å². The van der Waals surface area contributed by atoms with Crippen LogP contribution in [0, 0.1) is 5.41 Å². The van der Waals surface area contributed by atoms with Crippen molar-refractivity contribution < 1.29 is 0 Å². The van der Waals surface area contributed by atoms with Crippen molar-refractivity contribution in [1.29, 1.82) is 5.41 Å². The number of benzene rings is 1. The van der Waals surface area contributed by atoms with Gasteiger partial charge in [-0.2, -0.15) is 0 Å². The van der Waals surface area contributed by atoms with Crippen LogP contribution in [-0.4, -0.2) is 12.4 Å². The fraction of sp³-hybridized carbons (Fsp3) is 0.300. The van der Waals surface area contributed by atoms with Gasteiger partial charge in [-0.15, -0.1) is 0 Å². The molecule has 0 saturated carbocycles. The second kappa shape index (κ2) is 4.03. The van der Waals surface area contributed by atoms with E-state index in [4.69, 9.17) is 5.41 Å². The number of hydrogen-bond donors (Lipinski definition) is 1. The number of nitrogens with one attached hydrogen (secondary N) is 1. The minimum absolute atomic E-state index is 0.706. The first kappa shape index (κ1) is 10.2. The lowest BCUT2D eigenvalue weighted by Crippen LogP contribution is -2.23. The summed E-state index contributed by atoms with van der Waals surface area (Å²) in [6.45, 7) is 0.944. The number of para-hydroxylation sites is 1. The standard InChI is InChI=1S/C10H10Br2N2/c11-7-3-1-4-8(12)10(7)14-6-2-5-9(14)13/h1,3-4,13H,2,5-6H2. The molecular formula is C10H10Br2N2. The molecule has 0 aromatic heterocycles. The van der Waals surface area contributed by atoms with Crippen LogP contribution in [0.5, 0.6) is 0 Å². The molecule has 2 rings (SSSR count). The molecule has 1 fully saturated rings. The van der Waals surface area contributed by atoms with Crippen molar-refractivity contribution >= 4 is 43.4 Å². The van der Waals surface area contributed by atoms with Crippen LogP contribution in [-0.2, 0) is 0 Å². The largest absolute Gasteiger partial charge is 0.328 e. The number of hydrogen-bond acceptors (Lipinski definition) is 1. The van der Waals surface area contributed by atoms with E-state index >= 15 is 0 Å². The maximum absolute atomic E-state index is 7.82. The highest BCUT2D eigenvalue weighted by molar-refractivity contribution is 9.11. The van der Waals surface area contributed by atoms with Gasteiger partial charge in [-0.05, 0) is 50.4 Å². The Hall–Kier alpha value is -0.350. The van der Waals surface area contributed by atoms with Gasteiger partial charge in [-0.1, -0.05) is 6.07 Å². The Kier molecular flexibility index (Phi) is 2.93. The SMILES string of the molecule is N=C1CCCN1c1c(Br)cccc1Br. The molecule has 1 aromatic rings. The van der Waals surface area contributed by atoms with Crippen molar-refractivity contribution in [3.8, 4) is 0 Å². The quantitative estimate of drug-likeness (QED) is 0.838. The Labute approximate surface area is 100 Å². The van der Waals surface area contributed by atoms with Gasteiger partial charge in [-0.3, -0.25) is 5.41 Å². The van der Waals surface area contributed by atoms with Crippen molar-refractivity contribution in [2.45, 2.75) is 12.8 Å². The summed E-state index contributed by atoms with van der Waals surface area (Å²) < 4.78 is 2.08. The van der Waals surface area contributed by atoms with Gasteiger partial charge < -0.3 is 4.90 Å². The Balaban J connectivity index is 2.44. The van der Waals surface area contributed by atoms with Crippen LogP contribution >= 0.6 is 31.9 Å². The van der Waals surface area contributed by atoms with E-state index in [0.29, 0.717) is 5.84 Å². The molecule has 74 valence electrons. The molecule has 4 heteroatoms. The summed E-state index contributed by atoms with van der Waals surface area (Å²) in [6, 6.07) is 5.99. The molecule has 0 spiro atoms. The second-order valence-corrected chi connectivity index (χ2v) is 4.98. The predicted molar refractivity (Wildman–Crippen MR) is 66.1 cm³/mol. The number of nitrogens with zero attached hydrogens (tertiary/aromatic N) is 1. The Morgan fingerprint density at radius 1 is 1.21 bits per heavy atom. The number of halogens is 2. The molecule has 1 heterocycles. The van der Waals surface area contributed by atoms with E-state index in [2.05, 4.69) is 31.9 Å². The Bertz CT molecular complexity index is 356. The molecule has 1 aliphatic rings. The molecule has 14 heavy (non-hydrogen) atoms. The number of rotatable bonds is 1. The summed E-state index contributed by atoms with van der Waals surface area (Å²) in [5.41, 5.74) is 1.08. The zero-order valence-corrected chi connectivity index (χ0v) is 10.7. The third-order valence-electron chi connectivity index (χ3n) is 2.33. The highest BCUT2D eigenvalue weighted by Crippen LogP contribution is 2.36. The monoisotopic (exact) mass is 316 g/mol. The van der Waals surface area contributed by atoms with Gasteiger partial charge in [0.05, 0.1) is 5.69 Å². The Morgan fingerprint density at radius 3 is 2.36 bits per heavy atom. The fourth-order valence-electron chi connectivity index (χ4n) is 1.67. The van der Waals surface area contributed by atoms with Crippen LogP contribution in [0.1, 0.15) is 12.8 Å². The average Bonchev–Trinajstić information content (AvgIpc) is 2.52. The van der Waals surface area contributed by atoms with Gasteiger partial charge in [-0.25, -0.2) is 0 Å². The lowest BCUT2D eigenvalue weighted by Gasteiger charge is -2.20. The summed E-state index contributed by atoms with van der Waals surface area (Å²) in [5.74, 6) is 0.706. The van der Waals surface area contributed by atoms with Crippen LogP contribution < -0.4 is 4.90 Å².